The van der Waals surface area contributed by atoms with Crippen LogP contribution in [0.5, 0.6) is 0 Å². The Morgan fingerprint density at radius 3 is 3.05 bits per heavy atom. The predicted octanol–water partition coefficient (Wildman–Crippen LogP) is 2.36. The zero-order chi connectivity index (χ0) is 15.5. The number of aromatic nitrogens is 3. The standard InChI is InChI=1S/C17H22N4O/c1-13-10-14(7-8-18-13)5-6-16-4-3-9-21(16)17(22)15-11-19-20(2)12-15/h7-8,10-12,16H,3-6,9H2,1-2H3/t16-/m1/s1. The third kappa shape index (κ3) is 3.18. The lowest BCUT2D eigenvalue weighted by atomic mass is 10.0. The Balaban J connectivity index is 1.64. The molecule has 0 spiro atoms. The number of nitrogens with zero attached hydrogens (tertiary/aromatic N) is 4. The van der Waals surface area contributed by atoms with E-state index in [1.54, 1.807) is 17.1 Å². The van der Waals surface area contributed by atoms with Crippen molar-refractivity contribution in [2.75, 3.05) is 6.54 Å². The maximum atomic E-state index is 12.6. The molecule has 116 valence electrons. The Bertz CT molecular complexity index is 664. The highest BCUT2D eigenvalue weighted by Gasteiger charge is 2.29. The van der Waals surface area contributed by atoms with Gasteiger partial charge < -0.3 is 4.90 Å². The number of pyridine rings is 1. The Kier molecular flexibility index (Phi) is 4.22. The summed E-state index contributed by atoms with van der Waals surface area (Å²) in [7, 11) is 1.84. The number of carbonyl (C=O) groups excluding carboxylic acids is 1. The lowest BCUT2D eigenvalue weighted by Crippen LogP contribution is -2.35. The van der Waals surface area contributed by atoms with Gasteiger partial charge >= 0.3 is 0 Å². The van der Waals surface area contributed by atoms with E-state index in [1.165, 1.54) is 5.56 Å². The maximum Gasteiger partial charge on any atom is 0.257 e. The fraction of sp³-hybridized carbons (Fsp3) is 0.471. The van der Waals surface area contributed by atoms with Gasteiger partial charge in [0.05, 0.1) is 11.8 Å². The fourth-order valence-corrected chi connectivity index (χ4v) is 3.19. The number of amides is 1. The van der Waals surface area contributed by atoms with Crippen molar-refractivity contribution in [3.8, 4) is 0 Å². The normalized spacial score (nSPS) is 17.9. The summed E-state index contributed by atoms with van der Waals surface area (Å²) in [5.41, 5.74) is 3.04. The highest BCUT2D eigenvalue weighted by molar-refractivity contribution is 5.94. The minimum Gasteiger partial charge on any atom is -0.336 e. The molecule has 0 bridgehead atoms. The molecule has 1 aliphatic rings. The minimum absolute atomic E-state index is 0.113. The molecule has 2 aromatic heterocycles. The number of carbonyl (C=O) groups is 1. The van der Waals surface area contributed by atoms with E-state index in [9.17, 15) is 4.79 Å². The van der Waals surface area contributed by atoms with Gasteiger partial charge in [-0.25, -0.2) is 0 Å². The second-order valence-corrected chi connectivity index (χ2v) is 6.04. The van der Waals surface area contributed by atoms with E-state index in [1.807, 2.05) is 25.1 Å². The summed E-state index contributed by atoms with van der Waals surface area (Å²) in [6.07, 6.45) is 9.49. The molecular weight excluding hydrogens is 276 g/mol. The predicted molar refractivity (Wildman–Crippen MR) is 84.6 cm³/mol. The van der Waals surface area contributed by atoms with Gasteiger partial charge in [0.1, 0.15) is 0 Å². The van der Waals surface area contributed by atoms with Gasteiger partial charge in [0, 0.05) is 37.7 Å². The summed E-state index contributed by atoms with van der Waals surface area (Å²) in [5.74, 6) is 0.113. The van der Waals surface area contributed by atoms with Crippen molar-refractivity contribution in [3.63, 3.8) is 0 Å². The molecule has 1 fully saturated rings. The maximum absolute atomic E-state index is 12.6. The summed E-state index contributed by atoms with van der Waals surface area (Å²) in [4.78, 5) is 18.8. The van der Waals surface area contributed by atoms with Crippen LogP contribution in [0.3, 0.4) is 0 Å². The average Bonchev–Trinajstić information content (AvgIpc) is 3.13. The van der Waals surface area contributed by atoms with Crippen molar-refractivity contribution >= 4 is 5.91 Å². The van der Waals surface area contributed by atoms with Gasteiger partial charge in [-0.1, -0.05) is 0 Å². The first-order valence-corrected chi connectivity index (χ1v) is 7.84. The Morgan fingerprint density at radius 1 is 1.45 bits per heavy atom. The van der Waals surface area contributed by atoms with Gasteiger partial charge in [0.2, 0.25) is 0 Å². The van der Waals surface area contributed by atoms with E-state index >= 15 is 0 Å². The lowest BCUT2D eigenvalue weighted by molar-refractivity contribution is 0.0730. The molecule has 5 heteroatoms. The molecule has 1 aliphatic heterocycles. The van der Waals surface area contributed by atoms with Crippen LogP contribution >= 0.6 is 0 Å². The quantitative estimate of drug-likeness (QED) is 0.870. The summed E-state index contributed by atoms with van der Waals surface area (Å²) in [5, 5.41) is 4.10. The van der Waals surface area contributed by atoms with Crippen LogP contribution in [-0.2, 0) is 13.5 Å². The molecule has 0 radical (unpaired) electrons. The van der Waals surface area contributed by atoms with Crippen molar-refractivity contribution in [2.24, 2.45) is 7.05 Å². The second kappa shape index (κ2) is 6.30. The molecule has 22 heavy (non-hydrogen) atoms. The van der Waals surface area contributed by atoms with Gasteiger partial charge in [-0.3, -0.25) is 14.5 Å². The third-order valence-electron chi connectivity index (χ3n) is 4.32. The molecule has 2 aromatic rings. The van der Waals surface area contributed by atoms with Crippen LogP contribution in [0.15, 0.2) is 30.7 Å². The molecule has 3 rings (SSSR count). The molecule has 1 atom stereocenters. The van der Waals surface area contributed by atoms with Gasteiger partial charge in [-0.2, -0.15) is 5.10 Å². The second-order valence-electron chi connectivity index (χ2n) is 6.04. The Morgan fingerprint density at radius 2 is 2.32 bits per heavy atom. The van der Waals surface area contributed by atoms with Crippen molar-refractivity contribution in [1.82, 2.24) is 19.7 Å². The first kappa shape index (κ1) is 14.8. The molecule has 0 saturated carbocycles. The summed E-state index contributed by atoms with van der Waals surface area (Å²) in [6.45, 7) is 2.87. The number of aryl methyl sites for hydroxylation is 3. The van der Waals surface area contributed by atoms with Crippen molar-refractivity contribution in [2.45, 2.75) is 38.6 Å². The molecule has 1 amide bonds. The van der Waals surface area contributed by atoms with Crippen LogP contribution in [-0.4, -0.2) is 38.2 Å². The van der Waals surface area contributed by atoms with E-state index in [4.69, 9.17) is 0 Å². The summed E-state index contributed by atoms with van der Waals surface area (Å²) in [6, 6.07) is 4.53. The highest BCUT2D eigenvalue weighted by atomic mass is 16.2. The van der Waals surface area contributed by atoms with Crippen molar-refractivity contribution in [1.29, 1.82) is 0 Å². The molecule has 0 N–H and O–H groups in total. The molecule has 0 unspecified atom stereocenters. The summed E-state index contributed by atoms with van der Waals surface area (Å²) >= 11 is 0. The molecule has 1 saturated heterocycles. The van der Waals surface area contributed by atoms with E-state index in [0.717, 1.165) is 37.9 Å². The van der Waals surface area contributed by atoms with Crippen molar-refractivity contribution in [3.05, 3.63) is 47.5 Å². The first-order chi connectivity index (χ1) is 10.6. The van der Waals surface area contributed by atoms with Gasteiger partial charge in [0.15, 0.2) is 0 Å². The number of hydrogen-bond donors (Lipinski definition) is 0. The van der Waals surface area contributed by atoms with E-state index in [2.05, 4.69) is 22.2 Å². The summed E-state index contributed by atoms with van der Waals surface area (Å²) < 4.78 is 1.68. The zero-order valence-electron chi connectivity index (χ0n) is 13.2. The van der Waals surface area contributed by atoms with Crippen LogP contribution in [0, 0.1) is 6.92 Å². The number of rotatable bonds is 4. The Hall–Kier alpha value is -2.17. The number of hydrogen-bond acceptors (Lipinski definition) is 3. The van der Waals surface area contributed by atoms with Crippen LogP contribution in [0.1, 0.15) is 40.9 Å². The zero-order valence-corrected chi connectivity index (χ0v) is 13.2. The monoisotopic (exact) mass is 298 g/mol. The minimum atomic E-state index is 0.113. The molecule has 0 aromatic carbocycles. The smallest absolute Gasteiger partial charge is 0.257 e. The Labute approximate surface area is 131 Å². The molecule has 3 heterocycles. The van der Waals surface area contributed by atoms with Crippen LogP contribution in [0.4, 0.5) is 0 Å². The van der Waals surface area contributed by atoms with E-state index in [0.29, 0.717) is 11.6 Å². The lowest BCUT2D eigenvalue weighted by Gasteiger charge is -2.24. The van der Waals surface area contributed by atoms with E-state index < -0.39 is 0 Å². The molecule has 0 aliphatic carbocycles. The van der Waals surface area contributed by atoms with E-state index in [-0.39, 0.29) is 5.91 Å². The first-order valence-electron chi connectivity index (χ1n) is 7.84. The van der Waals surface area contributed by atoms with Crippen LogP contribution < -0.4 is 0 Å². The van der Waals surface area contributed by atoms with Gasteiger partial charge in [0.25, 0.3) is 5.91 Å². The highest BCUT2D eigenvalue weighted by Crippen LogP contribution is 2.24. The topological polar surface area (TPSA) is 51.0 Å². The van der Waals surface area contributed by atoms with Crippen LogP contribution in [0.25, 0.3) is 0 Å². The van der Waals surface area contributed by atoms with Crippen LogP contribution in [0.2, 0.25) is 0 Å². The van der Waals surface area contributed by atoms with Gasteiger partial charge in [-0.15, -0.1) is 0 Å². The molecule has 5 nitrogen and oxygen atoms in total. The van der Waals surface area contributed by atoms with Gasteiger partial charge in [-0.05, 0) is 50.3 Å². The third-order valence-corrected chi connectivity index (χ3v) is 4.32. The fourth-order valence-electron chi connectivity index (χ4n) is 3.19. The molecular formula is C17H22N4O. The SMILES string of the molecule is Cc1cc(CC[C@H]2CCCN2C(=O)c2cnn(C)c2)ccn1. The number of likely N-dealkylation sites (tertiary alicyclic amines) is 1. The average molecular weight is 298 g/mol. The largest absolute Gasteiger partial charge is 0.336 e. The van der Waals surface area contributed by atoms with Crippen molar-refractivity contribution < 1.29 is 4.79 Å².